The van der Waals surface area contributed by atoms with Crippen LogP contribution in [0.2, 0.25) is 0 Å². The van der Waals surface area contributed by atoms with Gasteiger partial charge in [0.15, 0.2) is 5.69 Å². The molecule has 0 saturated carbocycles. The molecular weight excluding hydrogens is 370 g/mol. The first-order valence-electron chi connectivity index (χ1n) is 9.53. The number of ether oxygens (including phenoxy) is 2. The molecule has 0 atom stereocenters. The van der Waals surface area contributed by atoms with Gasteiger partial charge in [0.25, 0.3) is 0 Å². The van der Waals surface area contributed by atoms with Crippen LogP contribution in [0.1, 0.15) is 23.2 Å². The molecule has 0 spiro atoms. The molecule has 4 rings (SSSR count). The van der Waals surface area contributed by atoms with E-state index in [4.69, 9.17) is 9.47 Å². The van der Waals surface area contributed by atoms with E-state index in [0.29, 0.717) is 18.2 Å². The first-order valence-corrected chi connectivity index (χ1v) is 10.5. The molecule has 1 saturated heterocycles. The van der Waals surface area contributed by atoms with Gasteiger partial charge in [0.05, 0.1) is 19.8 Å². The van der Waals surface area contributed by atoms with E-state index in [0.717, 1.165) is 55.9 Å². The second-order valence-corrected chi connectivity index (χ2v) is 7.54. The lowest BCUT2D eigenvalue weighted by Gasteiger charge is -2.26. The van der Waals surface area contributed by atoms with Gasteiger partial charge in [-0.05, 0) is 31.4 Å². The van der Waals surface area contributed by atoms with Crippen LogP contribution in [0.5, 0.6) is 5.88 Å². The van der Waals surface area contributed by atoms with Crippen LogP contribution in [0.4, 0.5) is 0 Å². The minimum atomic E-state index is 0.521. The lowest BCUT2D eigenvalue weighted by atomic mass is 10.1. The van der Waals surface area contributed by atoms with Crippen molar-refractivity contribution in [1.82, 2.24) is 14.9 Å². The molecule has 144 valence electrons. The summed E-state index contributed by atoms with van der Waals surface area (Å²) in [6.07, 6.45) is 0.939. The Balaban J connectivity index is 1.46. The zero-order valence-electron chi connectivity index (χ0n) is 16.0. The molecule has 2 aromatic heterocycles. The van der Waals surface area contributed by atoms with Crippen LogP contribution in [0.25, 0.3) is 11.0 Å². The Labute approximate surface area is 169 Å². The van der Waals surface area contributed by atoms with E-state index >= 15 is 0 Å². The Morgan fingerprint density at radius 3 is 2.61 bits per heavy atom. The molecule has 0 radical (unpaired) electrons. The first-order chi connectivity index (χ1) is 13.8. The lowest BCUT2D eigenvalue weighted by Crippen LogP contribution is -2.37. The van der Waals surface area contributed by atoms with Gasteiger partial charge in [-0.15, -0.1) is 11.3 Å². The second kappa shape index (κ2) is 9.16. The zero-order chi connectivity index (χ0) is 19.2. The smallest absolute Gasteiger partial charge is 0.249 e. The Bertz CT molecular complexity index is 982. The van der Waals surface area contributed by atoms with Gasteiger partial charge in [-0.2, -0.15) is 0 Å². The molecule has 6 heteroatoms. The maximum Gasteiger partial charge on any atom is 0.249 e. The quantitative estimate of drug-likeness (QED) is 0.490. The van der Waals surface area contributed by atoms with Crippen molar-refractivity contribution in [2.75, 3.05) is 39.5 Å². The first kappa shape index (κ1) is 18.9. The number of hydrogen-bond donors (Lipinski definition) is 0. The average Bonchev–Trinajstić information content (AvgIpc) is 3.18. The number of thiophene rings is 1. The molecule has 0 aliphatic carbocycles. The molecule has 1 aliphatic rings. The largest absolute Gasteiger partial charge is 0.476 e. The molecule has 0 amide bonds. The Kier molecular flexibility index (Phi) is 6.17. The summed E-state index contributed by atoms with van der Waals surface area (Å²) in [5, 5.41) is 3.97. The standard InChI is InChI=1S/C22H23N3O2S/c1-17-3-5-18(6-4-17)7-8-19-22(24-21-16-28-15-20(21)23-19)27-12-2-9-25-10-13-26-14-11-25/h3-6,15-16H,2,9-14H2,1H3. The van der Waals surface area contributed by atoms with E-state index in [-0.39, 0.29) is 0 Å². The summed E-state index contributed by atoms with van der Waals surface area (Å²) in [5.74, 6) is 6.85. The Morgan fingerprint density at radius 1 is 1.07 bits per heavy atom. The van der Waals surface area contributed by atoms with Crippen molar-refractivity contribution in [3.8, 4) is 17.7 Å². The molecule has 0 unspecified atom stereocenters. The van der Waals surface area contributed by atoms with Crippen molar-refractivity contribution in [2.24, 2.45) is 0 Å². The van der Waals surface area contributed by atoms with Crippen LogP contribution >= 0.6 is 11.3 Å². The SMILES string of the molecule is Cc1ccc(C#Cc2nc3cscc3nc2OCCCN2CCOCC2)cc1. The number of aromatic nitrogens is 2. The predicted octanol–water partition coefficient (Wildman–Crippen LogP) is 3.50. The van der Waals surface area contributed by atoms with Gasteiger partial charge in [-0.3, -0.25) is 4.90 Å². The summed E-state index contributed by atoms with van der Waals surface area (Å²) in [7, 11) is 0. The summed E-state index contributed by atoms with van der Waals surface area (Å²) < 4.78 is 11.4. The molecule has 5 nitrogen and oxygen atoms in total. The van der Waals surface area contributed by atoms with E-state index in [2.05, 4.69) is 45.8 Å². The minimum Gasteiger partial charge on any atom is -0.476 e. The third kappa shape index (κ3) is 4.87. The van der Waals surface area contributed by atoms with Gasteiger partial charge in [0.2, 0.25) is 5.88 Å². The number of benzene rings is 1. The third-order valence-electron chi connectivity index (χ3n) is 4.62. The Morgan fingerprint density at radius 2 is 1.82 bits per heavy atom. The van der Waals surface area contributed by atoms with Crippen LogP contribution in [0, 0.1) is 18.8 Å². The number of rotatable bonds is 5. The number of morpholine rings is 1. The molecule has 28 heavy (non-hydrogen) atoms. The Hall–Kier alpha value is -2.46. The normalized spacial score (nSPS) is 14.6. The van der Waals surface area contributed by atoms with Crippen LogP contribution in [0.3, 0.4) is 0 Å². The lowest BCUT2D eigenvalue weighted by molar-refractivity contribution is 0.0357. The third-order valence-corrected chi connectivity index (χ3v) is 5.34. The number of fused-ring (bicyclic) bond motifs is 1. The van der Waals surface area contributed by atoms with Gasteiger partial charge in [-0.25, -0.2) is 9.97 Å². The van der Waals surface area contributed by atoms with Crippen molar-refractivity contribution in [1.29, 1.82) is 0 Å². The highest BCUT2D eigenvalue weighted by molar-refractivity contribution is 7.09. The molecular formula is C22H23N3O2S. The van der Waals surface area contributed by atoms with Crippen molar-refractivity contribution in [3.63, 3.8) is 0 Å². The number of nitrogens with zero attached hydrogens (tertiary/aromatic N) is 3. The van der Waals surface area contributed by atoms with Crippen molar-refractivity contribution in [2.45, 2.75) is 13.3 Å². The van der Waals surface area contributed by atoms with Crippen molar-refractivity contribution >= 4 is 22.4 Å². The predicted molar refractivity (Wildman–Crippen MR) is 112 cm³/mol. The maximum atomic E-state index is 5.98. The fraction of sp³-hybridized carbons (Fsp3) is 0.364. The monoisotopic (exact) mass is 393 g/mol. The molecule has 1 fully saturated rings. The zero-order valence-corrected chi connectivity index (χ0v) is 16.8. The summed E-state index contributed by atoms with van der Waals surface area (Å²) in [6.45, 7) is 7.29. The summed E-state index contributed by atoms with van der Waals surface area (Å²) in [6, 6.07) is 8.14. The van der Waals surface area contributed by atoms with Gasteiger partial charge in [-0.1, -0.05) is 23.6 Å². The van der Waals surface area contributed by atoms with Crippen molar-refractivity contribution < 1.29 is 9.47 Å². The highest BCUT2D eigenvalue weighted by atomic mass is 32.1. The molecule has 0 N–H and O–H groups in total. The van der Waals surface area contributed by atoms with Gasteiger partial charge < -0.3 is 9.47 Å². The van der Waals surface area contributed by atoms with E-state index in [1.54, 1.807) is 11.3 Å². The second-order valence-electron chi connectivity index (χ2n) is 6.79. The van der Waals surface area contributed by atoms with Gasteiger partial charge in [0, 0.05) is 36.0 Å². The van der Waals surface area contributed by atoms with Gasteiger partial charge >= 0.3 is 0 Å². The molecule has 0 bridgehead atoms. The van der Waals surface area contributed by atoms with E-state index in [1.165, 1.54) is 5.56 Å². The van der Waals surface area contributed by atoms with Crippen molar-refractivity contribution in [3.05, 3.63) is 51.8 Å². The van der Waals surface area contributed by atoms with Crippen LogP contribution in [-0.2, 0) is 4.74 Å². The average molecular weight is 394 g/mol. The highest BCUT2D eigenvalue weighted by Crippen LogP contribution is 2.21. The summed E-state index contributed by atoms with van der Waals surface area (Å²) in [4.78, 5) is 11.7. The van der Waals surface area contributed by atoms with Crippen LogP contribution in [0.15, 0.2) is 35.0 Å². The topological polar surface area (TPSA) is 47.5 Å². The van der Waals surface area contributed by atoms with Crippen LogP contribution in [-0.4, -0.2) is 54.3 Å². The maximum absolute atomic E-state index is 5.98. The molecule has 3 heterocycles. The summed E-state index contributed by atoms with van der Waals surface area (Å²) >= 11 is 1.59. The molecule has 3 aromatic rings. The highest BCUT2D eigenvalue weighted by Gasteiger charge is 2.12. The summed E-state index contributed by atoms with van der Waals surface area (Å²) in [5.41, 5.74) is 4.48. The van der Waals surface area contributed by atoms with Gasteiger partial charge in [0.1, 0.15) is 11.0 Å². The fourth-order valence-corrected chi connectivity index (χ4v) is 3.69. The fourth-order valence-electron chi connectivity index (χ4n) is 3.01. The molecule has 1 aromatic carbocycles. The van der Waals surface area contributed by atoms with E-state index in [1.807, 2.05) is 22.9 Å². The van der Waals surface area contributed by atoms with E-state index < -0.39 is 0 Å². The van der Waals surface area contributed by atoms with E-state index in [9.17, 15) is 0 Å². The minimum absolute atomic E-state index is 0.521. The molecule has 1 aliphatic heterocycles. The van der Waals surface area contributed by atoms with Crippen LogP contribution < -0.4 is 4.74 Å². The number of hydrogen-bond acceptors (Lipinski definition) is 6. The number of aryl methyl sites for hydroxylation is 1.